The highest BCUT2D eigenvalue weighted by Gasteiger charge is 2.19. The van der Waals surface area contributed by atoms with E-state index in [1.165, 1.54) is 4.68 Å². The summed E-state index contributed by atoms with van der Waals surface area (Å²) in [4.78, 5) is 12.2. The number of hydrogen-bond acceptors (Lipinski definition) is 3. The van der Waals surface area contributed by atoms with Crippen molar-refractivity contribution in [2.75, 3.05) is 5.32 Å². The first-order valence-corrected chi connectivity index (χ1v) is 5.92. The van der Waals surface area contributed by atoms with Gasteiger partial charge in [0.1, 0.15) is 11.8 Å². The second-order valence-corrected chi connectivity index (χ2v) is 4.36. The van der Waals surface area contributed by atoms with Crippen molar-refractivity contribution in [2.24, 2.45) is 7.05 Å². The third kappa shape index (κ3) is 2.44. The molecule has 0 spiro atoms. The van der Waals surface area contributed by atoms with E-state index in [1.807, 2.05) is 6.07 Å². The minimum Gasteiger partial charge on any atom is -0.319 e. The van der Waals surface area contributed by atoms with Gasteiger partial charge in [-0.15, -0.1) is 0 Å². The molecule has 0 saturated heterocycles. The largest absolute Gasteiger partial charge is 0.319 e. The highest BCUT2D eigenvalue weighted by Crippen LogP contribution is 2.21. The second-order valence-electron chi connectivity index (χ2n) is 3.98. The van der Waals surface area contributed by atoms with Gasteiger partial charge in [0.15, 0.2) is 0 Å². The summed E-state index contributed by atoms with van der Waals surface area (Å²) in [6, 6.07) is 8.78. The van der Waals surface area contributed by atoms with Crippen LogP contribution in [0, 0.1) is 18.3 Å². The number of halogens is 1. The fraction of sp³-hybridized carbons (Fsp3) is 0.154. The molecule has 96 valence electrons. The van der Waals surface area contributed by atoms with Gasteiger partial charge in [0, 0.05) is 7.05 Å². The van der Waals surface area contributed by atoms with Gasteiger partial charge in [0.25, 0.3) is 5.91 Å². The smallest absolute Gasteiger partial charge is 0.275 e. The van der Waals surface area contributed by atoms with Gasteiger partial charge in [-0.1, -0.05) is 23.7 Å². The Kier molecular flexibility index (Phi) is 3.54. The normalized spacial score (nSPS) is 10.0. The van der Waals surface area contributed by atoms with Crippen molar-refractivity contribution >= 4 is 23.2 Å². The number of carbonyl (C=O) groups excluding carboxylic acids is 1. The van der Waals surface area contributed by atoms with Crippen LogP contribution < -0.4 is 5.32 Å². The van der Waals surface area contributed by atoms with E-state index < -0.39 is 5.91 Å². The number of benzene rings is 1. The van der Waals surface area contributed by atoms with E-state index in [0.29, 0.717) is 22.0 Å². The summed E-state index contributed by atoms with van der Waals surface area (Å²) in [7, 11) is 1.64. The van der Waals surface area contributed by atoms with E-state index >= 15 is 0 Å². The Bertz CT molecular complexity index is 684. The summed E-state index contributed by atoms with van der Waals surface area (Å²) in [6.07, 6.45) is 0. The van der Waals surface area contributed by atoms with Gasteiger partial charge in [-0.2, -0.15) is 10.4 Å². The average molecular weight is 275 g/mol. The van der Waals surface area contributed by atoms with Crippen LogP contribution in [0.15, 0.2) is 24.3 Å². The Hall–Kier alpha value is -2.32. The molecule has 0 radical (unpaired) electrons. The molecule has 1 aromatic carbocycles. The zero-order valence-corrected chi connectivity index (χ0v) is 11.2. The van der Waals surface area contributed by atoms with Crippen molar-refractivity contribution in [1.82, 2.24) is 9.78 Å². The SMILES string of the molecule is Cc1nn(C)c(C(=O)Nc2ccccc2C#N)c1Cl. The minimum atomic E-state index is -0.393. The van der Waals surface area contributed by atoms with Crippen molar-refractivity contribution in [3.05, 3.63) is 46.2 Å². The lowest BCUT2D eigenvalue weighted by Gasteiger charge is -2.07. The van der Waals surface area contributed by atoms with Gasteiger partial charge in [0.05, 0.1) is 22.0 Å². The summed E-state index contributed by atoms with van der Waals surface area (Å²) in [5.74, 6) is -0.393. The molecular weight excluding hydrogens is 264 g/mol. The van der Waals surface area contributed by atoms with Crippen LogP contribution in [0.5, 0.6) is 0 Å². The van der Waals surface area contributed by atoms with Crippen LogP contribution in [0.4, 0.5) is 5.69 Å². The lowest BCUT2D eigenvalue weighted by atomic mass is 10.2. The predicted molar refractivity (Wildman–Crippen MR) is 72.1 cm³/mol. The average Bonchev–Trinajstić information content (AvgIpc) is 2.64. The molecule has 2 aromatic rings. The van der Waals surface area contributed by atoms with E-state index in [2.05, 4.69) is 10.4 Å². The molecule has 19 heavy (non-hydrogen) atoms. The van der Waals surface area contributed by atoms with Crippen LogP contribution in [0.25, 0.3) is 0 Å². The first-order chi connectivity index (χ1) is 9.04. The highest BCUT2D eigenvalue weighted by atomic mass is 35.5. The van der Waals surface area contributed by atoms with Crippen molar-refractivity contribution in [2.45, 2.75) is 6.92 Å². The lowest BCUT2D eigenvalue weighted by Crippen LogP contribution is -2.17. The van der Waals surface area contributed by atoms with Crippen molar-refractivity contribution in [3.8, 4) is 6.07 Å². The van der Waals surface area contributed by atoms with Crippen molar-refractivity contribution in [1.29, 1.82) is 5.26 Å². The highest BCUT2D eigenvalue weighted by molar-refractivity contribution is 6.34. The van der Waals surface area contributed by atoms with E-state index in [1.54, 1.807) is 38.2 Å². The molecule has 1 heterocycles. The molecular formula is C13H11ClN4O. The number of aryl methyl sites for hydroxylation is 2. The van der Waals surface area contributed by atoms with Gasteiger partial charge >= 0.3 is 0 Å². The number of nitrogens with one attached hydrogen (secondary N) is 1. The summed E-state index contributed by atoms with van der Waals surface area (Å²) in [6.45, 7) is 1.72. The summed E-state index contributed by atoms with van der Waals surface area (Å²) in [5, 5.41) is 16.0. The fourth-order valence-electron chi connectivity index (χ4n) is 1.75. The molecule has 1 aromatic heterocycles. The number of carbonyl (C=O) groups is 1. The standard InChI is InChI=1S/C13H11ClN4O/c1-8-11(14)12(18(2)17-8)13(19)16-10-6-4-3-5-9(10)7-15/h3-6H,1-2H3,(H,16,19). The molecule has 0 saturated carbocycles. The quantitative estimate of drug-likeness (QED) is 0.915. The molecule has 0 bridgehead atoms. The monoisotopic (exact) mass is 274 g/mol. The number of para-hydroxylation sites is 1. The van der Waals surface area contributed by atoms with Gasteiger partial charge < -0.3 is 5.32 Å². The molecule has 1 N–H and O–H groups in total. The molecule has 6 heteroatoms. The predicted octanol–water partition coefficient (Wildman–Crippen LogP) is 2.51. The lowest BCUT2D eigenvalue weighted by molar-refractivity contribution is 0.101. The first kappa shape index (κ1) is 13.1. The summed E-state index contributed by atoms with van der Waals surface area (Å²) in [5.41, 5.74) is 1.70. The summed E-state index contributed by atoms with van der Waals surface area (Å²) < 4.78 is 1.42. The van der Waals surface area contributed by atoms with Gasteiger partial charge in [-0.3, -0.25) is 9.48 Å². The number of nitrogens with zero attached hydrogens (tertiary/aromatic N) is 3. The van der Waals surface area contributed by atoms with Crippen LogP contribution in [-0.4, -0.2) is 15.7 Å². The fourth-order valence-corrected chi connectivity index (χ4v) is 2.00. The molecule has 0 aliphatic carbocycles. The number of aromatic nitrogens is 2. The van der Waals surface area contributed by atoms with E-state index in [9.17, 15) is 4.79 Å². The zero-order valence-electron chi connectivity index (χ0n) is 10.4. The minimum absolute atomic E-state index is 0.270. The van der Waals surface area contributed by atoms with Crippen molar-refractivity contribution in [3.63, 3.8) is 0 Å². The molecule has 0 unspecified atom stereocenters. The van der Waals surface area contributed by atoms with E-state index in [0.717, 1.165) is 0 Å². The number of nitriles is 1. The van der Waals surface area contributed by atoms with Gasteiger partial charge in [0.2, 0.25) is 0 Å². The first-order valence-electron chi connectivity index (χ1n) is 5.54. The van der Waals surface area contributed by atoms with Crippen LogP contribution >= 0.6 is 11.6 Å². The molecule has 0 aliphatic rings. The Morgan fingerprint density at radius 3 is 2.74 bits per heavy atom. The van der Waals surface area contributed by atoms with Crippen LogP contribution in [-0.2, 0) is 7.05 Å². The van der Waals surface area contributed by atoms with E-state index in [4.69, 9.17) is 16.9 Å². The number of rotatable bonds is 2. The number of anilines is 1. The van der Waals surface area contributed by atoms with Crippen LogP contribution in [0.2, 0.25) is 5.02 Å². The summed E-state index contributed by atoms with van der Waals surface area (Å²) >= 11 is 6.04. The van der Waals surface area contributed by atoms with Crippen LogP contribution in [0.1, 0.15) is 21.7 Å². The Morgan fingerprint density at radius 2 is 2.16 bits per heavy atom. The van der Waals surface area contributed by atoms with Gasteiger partial charge in [-0.25, -0.2) is 0 Å². The zero-order chi connectivity index (χ0) is 14.0. The topological polar surface area (TPSA) is 70.7 Å². The second kappa shape index (κ2) is 5.12. The molecule has 0 aliphatic heterocycles. The van der Waals surface area contributed by atoms with Gasteiger partial charge in [-0.05, 0) is 19.1 Å². The maximum Gasteiger partial charge on any atom is 0.275 e. The molecule has 2 rings (SSSR count). The Labute approximate surface area is 115 Å². The molecule has 0 atom stereocenters. The maximum absolute atomic E-state index is 12.2. The Balaban J connectivity index is 2.34. The third-order valence-corrected chi connectivity index (χ3v) is 3.11. The van der Waals surface area contributed by atoms with Crippen LogP contribution in [0.3, 0.4) is 0 Å². The van der Waals surface area contributed by atoms with Crippen molar-refractivity contribution < 1.29 is 4.79 Å². The maximum atomic E-state index is 12.2. The third-order valence-electron chi connectivity index (χ3n) is 2.66. The van der Waals surface area contributed by atoms with E-state index in [-0.39, 0.29) is 5.69 Å². The number of hydrogen-bond donors (Lipinski definition) is 1. The molecule has 1 amide bonds. The Morgan fingerprint density at radius 1 is 1.47 bits per heavy atom. The molecule has 5 nitrogen and oxygen atoms in total. The number of amides is 1. The molecule has 0 fully saturated rings.